The van der Waals surface area contributed by atoms with Gasteiger partial charge < -0.3 is 4.40 Å². The van der Waals surface area contributed by atoms with Crippen molar-refractivity contribution in [1.29, 1.82) is 0 Å². The van der Waals surface area contributed by atoms with Crippen molar-refractivity contribution in [3.63, 3.8) is 0 Å². The van der Waals surface area contributed by atoms with Crippen molar-refractivity contribution in [3.8, 4) is 11.3 Å². The SMILES string of the molecule is Cc1ccn2cc(-c3ccc(NS(=O)(=O)c4ccc(F)cc4C)cc3)nc2c1. The number of pyridine rings is 1. The van der Waals surface area contributed by atoms with Gasteiger partial charge in [-0.3, -0.25) is 4.72 Å². The molecule has 28 heavy (non-hydrogen) atoms. The van der Waals surface area contributed by atoms with Gasteiger partial charge in [-0.25, -0.2) is 17.8 Å². The van der Waals surface area contributed by atoms with Gasteiger partial charge in [0.25, 0.3) is 10.0 Å². The Kier molecular flexibility index (Phi) is 4.39. The summed E-state index contributed by atoms with van der Waals surface area (Å²) in [6.07, 6.45) is 3.88. The minimum absolute atomic E-state index is 0.0497. The van der Waals surface area contributed by atoms with Crippen LogP contribution < -0.4 is 4.72 Å². The highest BCUT2D eigenvalue weighted by atomic mass is 32.2. The van der Waals surface area contributed by atoms with E-state index in [9.17, 15) is 12.8 Å². The maximum Gasteiger partial charge on any atom is 0.262 e. The van der Waals surface area contributed by atoms with Crippen molar-refractivity contribution < 1.29 is 12.8 Å². The predicted octanol–water partition coefficient (Wildman–Crippen LogP) is 4.56. The summed E-state index contributed by atoms with van der Waals surface area (Å²) in [5.41, 5.74) is 4.44. The number of halogens is 1. The zero-order chi connectivity index (χ0) is 19.9. The van der Waals surface area contributed by atoms with Gasteiger partial charge in [-0.1, -0.05) is 12.1 Å². The number of aryl methyl sites for hydroxylation is 2. The first-order valence-electron chi connectivity index (χ1n) is 8.67. The summed E-state index contributed by atoms with van der Waals surface area (Å²) in [6, 6.07) is 14.6. The van der Waals surface area contributed by atoms with Crippen LogP contribution in [0.3, 0.4) is 0 Å². The van der Waals surface area contributed by atoms with E-state index in [1.165, 1.54) is 12.1 Å². The van der Waals surface area contributed by atoms with Crippen molar-refractivity contribution in [1.82, 2.24) is 9.38 Å². The number of aromatic nitrogens is 2. The molecule has 0 aliphatic rings. The number of sulfonamides is 1. The lowest BCUT2D eigenvalue weighted by molar-refractivity contribution is 0.598. The molecule has 142 valence electrons. The lowest BCUT2D eigenvalue weighted by atomic mass is 10.1. The van der Waals surface area contributed by atoms with Crippen LogP contribution in [0.5, 0.6) is 0 Å². The summed E-state index contributed by atoms with van der Waals surface area (Å²) in [7, 11) is -3.80. The molecule has 0 fully saturated rings. The number of nitrogens with zero attached hydrogens (tertiary/aromatic N) is 2. The van der Waals surface area contributed by atoms with E-state index < -0.39 is 15.8 Å². The zero-order valence-corrected chi connectivity index (χ0v) is 16.2. The summed E-state index contributed by atoms with van der Waals surface area (Å²) in [5.74, 6) is -0.469. The molecule has 0 saturated heterocycles. The van der Waals surface area contributed by atoms with E-state index in [4.69, 9.17) is 0 Å². The van der Waals surface area contributed by atoms with Gasteiger partial charge in [-0.05, 0) is 67.4 Å². The molecule has 0 saturated carbocycles. The van der Waals surface area contributed by atoms with Gasteiger partial charge in [-0.15, -0.1) is 0 Å². The normalized spacial score (nSPS) is 11.7. The lowest BCUT2D eigenvalue weighted by Crippen LogP contribution is -2.14. The van der Waals surface area contributed by atoms with E-state index in [1.54, 1.807) is 19.1 Å². The number of imidazole rings is 1. The second kappa shape index (κ2) is 6.76. The van der Waals surface area contributed by atoms with Gasteiger partial charge in [0.15, 0.2) is 0 Å². The van der Waals surface area contributed by atoms with Gasteiger partial charge in [-0.2, -0.15) is 0 Å². The molecule has 1 N–H and O–H groups in total. The van der Waals surface area contributed by atoms with E-state index >= 15 is 0 Å². The van der Waals surface area contributed by atoms with E-state index in [-0.39, 0.29) is 4.90 Å². The summed E-state index contributed by atoms with van der Waals surface area (Å²) in [6.45, 7) is 3.57. The van der Waals surface area contributed by atoms with E-state index in [0.717, 1.165) is 28.5 Å². The topological polar surface area (TPSA) is 63.5 Å². The van der Waals surface area contributed by atoms with Crippen LogP contribution in [0.1, 0.15) is 11.1 Å². The third-order valence-electron chi connectivity index (χ3n) is 4.48. The molecule has 0 radical (unpaired) electrons. The first-order valence-corrected chi connectivity index (χ1v) is 10.1. The molecule has 0 aliphatic heterocycles. The predicted molar refractivity (Wildman–Crippen MR) is 107 cm³/mol. The van der Waals surface area contributed by atoms with Crippen LogP contribution in [0.15, 0.2) is 71.9 Å². The Hall–Kier alpha value is -3.19. The Morgan fingerprint density at radius 2 is 1.75 bits per heavy atom. The molecule has 2 aromatic carbocycles. The fraction of sp³-hybridized carbons (Fsp3) is 0.0952. The number of hydrogen-bond acceptors (Lipinski definition) is 3. The Morgan fingerprint density at radius 1 is 1.00 bits per heavy atom. The summed E-state index contributed by atoms with van der Waals surface area (Å²) in [4.78, 5) is 4.65. The molecule has 0 amide bonds. The Labute approximate surface area is 162 Å². The first-order chi connectivity index (χ1) is 13.3. The van der Waals surface area contributed by atoms with Gasteiger partial charge in [0.2, 0.25) is 0 Å². The number of fused-ring (bicyclic) bond motifs is 1. The van der Waals surface area contributed by atoms with E-state index in [1.807, 2.05) is 48.0 Å². The Balaban J connectivity index is 1.60. The zero-order valence-electron chi connectivity index (χ0n) is 15.3. The second-order valence-corrected chi connectivity index (χ2v) is 8.34. The van der Waals surface area contributed by atoms with E-state index in [0.29, 0.717) is 11.3 Å². The average molecular weight is 395 g/mol. The molecular formula is C21H18FN3O2S. The summed E-state index contributed by atoms with van der Waals surface area (Å²) < 4.78 is 42.9. The minimum Gasteiger partial charge on any atom is -0.306 e. The van der Waals surface area contributed by atoms with Crippen molar-refractivity contribution >= 4 is 21.4 Å². The fourth-order valence-corrected chi connectivity index (χ4v) is 4.34. The van der Waals surface area contributed by atoms with Crippen molar-refractivity contribution in [2.45, 2.75) is 18.7 Å². The standard InChI is InChI=1S/C21H18FN3O2S/c1-14-9-10-25-13-19(23-21(25)11-14)16-3-6-18(7-4-16)24-28(26,27)20-8-5-17(22)12-15(20)2/h3-13,24H,1-2H3. The van der Waals surface area contributed by atoms with Crippen LogP contribution in [-0.2, 0) is 10.0 Å². The van der Waals surface area contributed by atoms with Crippen molar-refractivity contribution in [2.24, 2.45) is 0 Å². The molecule has 0 unspecified atom stereocenters. The highest BCUT2D eigenvalue weighted by molar-refractivity contribution is 7.92. The first kappa shape index (κ1) is 18.2. The molecule has 0 spiro atoms. The fourth-order valence-electron chi connectivity index (χ4n) is 3.06. The average Bonchev–Trinajstić information content (AvgIpc) is 3.04. The van der Waals surface area contributed by atoms with Gasteiger partial charge in [0.1, 0.15) is 11.5 Å². The monoisotopic (exact) mass is 395 g/mol. The number of nitrogens with one attached hydrogen (secondary N) is 1. The molecule has 2 heterocycles. The van der Waals surface area contributed by atoms with Crippen molar-refractivity contribution in [2.75, 3.05) is 4.72 Å². The van der Waals surface area contributed by atoms with Gasteiger partial charge in [0, 0.05) is 23.6 Å². The number of hydrogen-bond donors (Lipinski definition) is 1. The summed E-state index contributed by atoms with van der Waals surface area (Å²) >= 11 is 0. The van der Waals surface area contributed by atoms with Crippen LogP contribution in [0.25, 0.3) is 16.9 Å². The van der Waals surface area contributed by atoms with E-state index in [2.05, 4.69) is 9.71 Å². The van der Waals surface area contributed by atoms with Crippen LogP contribution in [0, 0.1) is 19.7 Å². The molecular weight excluding hydrogens is 377 g/mol. The summed E-state index contributed by atoms with van der Waals surface area (Å²) in [5, 5.41) is 0. The molecule has 5 nitrogen and oxygen atoms in total. The maximum atomic E-state index is 13.2. The molecule has 0 atom stereocenters. The highest BCUT2D eigenvalue weighted by Crippen LogP contribution is 2.24. The number of benzene rings is 2. The maximum absolute atomic E-state index is 13.2. The molecule has 0 aliphatic carbocycles. The third kappa shape index (κ3) is 3.48. The Bertz CT molecular complexity index is 1280. The smallest absolute Gasteiger partial charge is 0.262 e. The molecule has 4 aromatic rings. The molecule has 2 aromatic heterocycles. The third-order valence-corrected chi connectivity index (χ3v) is 6.02. The molecule has 4 rings (SSSR count). The minimum atomic E-state index is -3.80. The highest BCUT2D eigenvalue weighted by Gasteiger charge is 2.17. The van der Waals surface area contributed by atoms with Crippen LogP contribution >= 0.6 is 0 Å². The number of rotatable bonds is 4. The van der Waals surface area contributed by atoms with Gasteiger partial charge in [0.05, 0.1) is 10.6 Å². The van der Waals surface area contributed by atoms with Crippen LogP contribution in [0.2, 0.25) is 0 Å². The quantitative estimate of drug-likeness (QED) is 0.551. The lowest BCUT2D eigenvalue weighted by Gasteiger charge is -2.10. The van der Waals surface area contributed by atoms with Gasteiger partial charge >= 0.3 is 0 Å². The molecule has 0 bridgehead atoms. The second-order valence-electron chi connectivity index (χ2n) is 6.69. The molecule has 7 heteroatoms. The Morgan fingerprint density at radius 3 is 2.46 bits per heavy atom. The van der Waals surface area contributed by atoms with Crippen LogP contribution in [-0.4, -0.2) is 17.8 Å². The van der Waals surface area contributed by atoms with Crippen molar-refractivity contribution in [3.05, 3.63) is 83.9 Å². The largest absolute Gasteiger partial charge is 0.306 e. The van der Waals surface area contributed by atoms with Crippen LogP contribution in [0.4, 0.5) is 10.1 Å². The number of anilines is 1.